The Morgan fingerprint density at radius 1 is 1.10 bits per heavy atom. The summed E-state index contributed by atoms with van der Waals surface area (Å²) in [6, 6.07) is 10.2. The fourth-order valence-electron chi connectivity index (χ4n) is 4.61. The quantitative estimate of drug-likeness (QED) is 0.702. The number of aromatic amines is 1. The van der Waals surface area contributed by atoms with E-state index in [0.29, 0.717) is 18.5 Å². The van der Waals surface area contributed by atoms with E-state index in [1.807, 2.05) is 24.4 Å². The Bertz CT molecular complexity index is 867. The topological polar surface area (TPSA) is 85.4 Å². The first kappa shape index (κ1) is 19.7. The first-order valence-corrected chi connectivity index (χ1v) is 10.5. The highest BCUT2D eigenvalue weighted by atomic mass is 16.4. The maximum absolute atomic E-state index is 12.7. The number of carbonyl (C=O) groups is 2. The minimum Gasteiger partial charge on any atom is -0.481 e. The lowest BCUT2D eigenvalue weighted by Crippen LogP contribution is -2.50. The van der Waals surface area contributed by atoms with Gasteiger partial charge in [0.25, 0.3) is 5.91 Å². The number of nitrogens with zero attached hydrogens (tertiary/aromatic N) is 1. The molecule has 6 nitrogen and oxygen atoms in total. The molecule has 3 N–H and O–H groups in total. The first-order valence-electron chi connectivity index (χ1n) is 10.5. The molecule has 1 fully saturated rings. The predicted molar refractivity (Wildman–Crippen MR) is 111 cm³/mol. The molecular weight excluding hydrogens is 366 g/mol. The van der Waals surface area contributed by atoms with Crippen molar-refractivity contribution in [2.75, 3.05) is 19.6 Å². The van der Waals surface area contributed by atoms with E-state index in [4.69, 9.17) is 0 Å². The summed E-state index contributed by atoms with van der Waals surface area (Å²) in [5.74, 6) is -0.994. The number of hydrogen-bond acceptors (Lipinski definition) is 3. The average molecular weight is 396 g/mol. The Balaban J connectivity index is 1.37. The summed E-state index contributed by atoms with van der Waals surface area (Å²) in [6.07, 6.45) is 7.19. The SMILES string of the molecule is O=C(NCC1(C(=O)O)CCN(Cc2ccccc2)CC1)c1[nH]cc2c1CCCC2. The summed E-state index contributed by atoms with van der Waals surface area (Å²) < 4.78 is 0. The summed E-state index contributed by atoms with van der Waals surface area (Å²) in [6.45, 7) is 2.44. The normalized spacial score (nSPS) is 18.8. The number of hydrogen-bond donors (Lipinski definition) is 3. The monoisotopic (exact) mass is 395 g/mol. The van der Waals surface area contributed by atoms with Crippen molar-refractivity contribution in [2.24, 2.45) is 5.41 Å². The number of carbonyl (C=O) groups excluding carboxylic acids is 1. The molecule has 0 atom stereocenters. The van der Waals surface area contributed by atoms with Crippen LogP contribution < -0.4 is 5.32 Å². The van der Waals surface area contributed by atoms with Gasteiger partial charge in [0.2, 0.25) is 0 Å². The highest BCUT2D eigenvalue weighted by molar-refractivity contribution is 5.94. The lowest BCUT2D eigenvalue weighted by molar-refractivity contribution is -0.151. The fourth-order valence-corrected chi connectivity index (χ4v) is 4.61. The van der Waals surface area contributed by atoms with E-state index in [1.54, 1.807) is 0 Å². The third-order valence-electron chi connectivity index (χ3n) is 6.53. The summed E-state index contributed by atoms with van der Waals surface area (Å²) in [5.41, 5.74) is 3.29. The van der Waals surface area contributed by atoms with Crippen LogP contribution in [0.4, 0.5) is 0 Å². The lowest BCUT2D eigenvalue weighted by atomic mass is 9.78. The van der Waals surface area contributed by atoms with E-state index in [2.05, 4.69) is 27.3 Å². The second kappa shape index (κ2) is 8.41. The van der Waals surface area contributed by atoms with E-state index in [0.717, 1.165) is 50.9 Å². The van der Waals surface area contributed by atoms with E-state index < -0.39 is 11.4 Å². The molecule has 154 valence electrons. The van der Waals surface area contributed by atoms with Crippen molar-refractivity contribution >= 4 is 11.9 Å². The fraction of sp³-hybridized carbons (Fsp3) is 0.478. The number of benzene rings is 1. The molecule has 2 aliphatic rings. The minimum absolute atomic E-state index is 0.175. The largest absolute Gasteiger partial charge is 0.481 e. The zero-order chi connectivity index (χ0) is 20.3. The van der Waals surface area contributed by atoms with Gasteiger partial charge in [-0.2, -0.15) is 0 Å². The maximum Gasteiger partial charge on any atom is 0.311 e. The van der Waals surface area contributed by atoms with Crippen molar-refractivity contribution in [2.45, 2.75) is 45.1 Å². The van der Waals surface area contributed by atoms with Crippen LogP contribution in [0.1, 0.15) is 52.9 Å². The number of piperidine rings is 1. The van der Waals surface area contributed by atoms with E-state index in [1.165, 1.54) is 11.1 Å². The number of aliphatic carboxylic acids is 1. The average Bonchev–Trinajstić information content (AvgIpc) is 3.18. The van der Waals surface area contributed by atoms with Crippen LogP contribution in [-0.2, 0) is 24.2 Å². The number of fused-ring (bicyclic) bond motifs is 1. The molecule has 29 heavy (non-hydrogen) atoms. The molecule has 2 heterocycles. The van der Waals surface area contributed by atoms with Gasteiger partial charge in [-0.3, -0.25) is 14.5 Å². The second-order valence-electron chi connectivity index (χ2n) is 8.40. The van der Waals surface area contributed by atoms with Crippen LogP contribution in [0.15, 0.2) is 36.5 Å². The van der Waals surface area contributed by atoms with Crippen LogP contribution in [0.2, 0.25) is 0 Å². The summed E-state index contributed by atoms with van der Waals surface area (Å²) in [7, 11) is 0. The molecule has 1 saturated heterocycles. The van der Waals surface area contributed by atoms with Gasteiger partial charge in [0, 0.05) is 19.3 Å². The number of H-pyrrole nitrogens is 1. The number of likely N-dealkylation sites (tertiary alicyclic amines) is 1. The molecule has 4 rings (SSSR count). The number of aromatic nitrogens is 1. The van der Waals surface area contributed by atoms with Gasteiger partial charge in [-0.15, -0.1) is 0 Å². The van der Waals surface area contributed by atoms with Gasteiger partial charge in [0.15, 0.2) is 0 Å². The predicted octanol–water partition coefficient (Wildman–Crippen LogP) is 2.99. The standard InChI is InChI=1S/C23H29N3O3/c27-21(20-19-9-5-4-8-18(19)14-24-20)25-16-23(22(28)29)10-12-26(13-11-23)15-17-6-2-1-3-7-17/h1-3,6-7,14,24H,4-5,8-13,15-16H2,(H,25,27)(H,28,29). The van der Waals surface area contributed by atoms with Crippen molar-refractivity contribution in [1.29, 1.82) is 0 Å². The van der Waals surface area contributed by atoms with Gasteiger partial charge in [-0.05, 0) is 68.3 Å². The lowest BCUT2D eigenvalue weighted by Gasteiger charge is -2.39. The summed E-state index contributed by atoms with van der Waals surface area (Å²) in [4.78, 5) is 30.2. The molecule has 0 unspecified atom stereocenters. The van der Waals surface area contributed by atoms with Crippen molar-refractivity contribution in [3.8, 4) is 0 Å². The van der Waals surface area contributed by atoms with Crippen LogP contribution in [0.5, 0.6) is 0 Å². The molecule has 1 aromatic heterocycles. The van der Waals surface area contributed by atoms with E-state index in [9.17, 15) is 14.7 Å². The van der Waals surface area contributed by atoms with Crippen LogP contribution in [0.3, 0.4) is 0 Å². The van der Waals surface area contributed by atoms with E-state index in [-0.39, 0.29) is 12.5 Å². The van der Waals surface area contributed by atoms with Gasteiger partial charge in [-0.25, -0.2) is 0 Å². The minimum atomic E-state index is -0.893. The Morgan fingerprint density at radius 2 is 1.83 bits per heavy atom. The number of amides is 1. The molecule has 2 aromatic rings. The molecule has 1 aliphatic carbocycles. The Hall–Kier alpha value is -2.60. The van der Waals surface area contributed by atoms with Crippen molar-refractivity contribution in [3.63, 3.8) is 0 Å². The zero-order valence-corrected chi connectivity index (χ0v) is 16.7. The maximum atomic E-state index is 12.7. The number of rotatable bonds is 6. The van der Waals surface area contributed by atoms with Gasteiger partial charge in [-0.1, -0.05) is 30.3 Å². The third kappa shape index (κ3) is 4.22. The molecular formula is C23H29N3O3. The summed E-state index contributed by atoms with van der Waals surface area (Å²) >= 11 is 0. The molecule has 1 aromatic carbocycles. The third-order valence-corrected chi connectivity index (χ3v) is 6.53. The van der Waals surface area contributed by atoms with Crippen LogP contribution in [0.25, 0.3) is 0 Å². The summed E-state index contributed by atoms with van der Waals surface area (Å²) in [5, 5.41) is 12.8. The van der Waals surface area contributed by atoms with Gasteiger partial charge in [0.1, 0.15) is 5.69 Å². The number of carboxylic acid groups (broad SMARTS) is 1. The second-order valence-corrected chi connectivity index (χ2v) is 8.40. The highest BCUT2D eigenvalue weighted by Crippen LogP contribution is 2.32. The molecule has 0 saturated carbocycles. The number of aryl methyl sites for hydroxylation is 1. The van der Waals surface area contributed by atoms with Crippen LogP contribution in [-0.4, -0.2) is 46.5 Å². The molecule has 0 bridgehead atoms. The van der Waals surface area contributed by atoms with E-state index >= 15 is 0 Å². The van der Waals surface area contributed by atoms with Gasteiger partial charge < -0.3 is 15.4 Å². The molecule has 0 spiro atoms. The van der Waals surface area contributed by atoms with Crippen LogP contribution >= 0.6 is 0 Å². The Labute approximate surface area is 171 Å². The first-order chi connectivity index (χ1) is 14.1. The molecule has 0 radical (unpaired) electrons. The van der Waals surface area contributed by atoms with Crippen molar-refractivity contribution in [1.82, 2.24) is 15.2 Å². The number of nitrogens with one attached hydrogen (secondary N) is 2. The highest BCUT2D eigenvalue weighted by Gasteiger charge is 2.42. The van der Waals surface area contributed by atoms with Crippen molar-refractivity contribution < 1.29 is 14.7 Å². The Morgan fingerprint density at radius 3 is 2.55 bits per heavy atom. The smallest absolute Gasteiger partial charge is 0.311 e. The van der Waals surface area contributed by atoms with Crippen molar-refractivity contribution in [3.05, 3.63) is 58.9 Å². The van der Waals surface area contributed by atoms with Crippen LogP contribution in [0, 0.1) is 5.41 Å². The molecule has 6 heteroatoms. The molecule has 1 aliphatic heterocycles. The molecule has 1 amide bonds. The Kier molecular flexibility index (Phi) is 5.72. The number of carboxylic acids is 1. The van der Waals surface area contributed by atoms with Gasteiger partial charge in [0.05, 0.1) is 5.41 Å². The zero-order valence-electron chi connectivity index (χ0n) is 16.7. The van der Waals surface area contributed by atoms with Gasteiger partial charge >= 0.3 is 5.97 Å².